The lowest BCUT2D eigenvalue weighted by Crippen LogP contribution is -2.22. The molecule has 154 valence electrons. The van der Waals surface area contributed by atoms with Gasteiger partial charge in [-0.2, -0.15) is 0 Å². The molecule has 4 aromatic rings. The molecule has 0 saturated carbocycles. The number of fused-ring (bicyclic) bond motifs is 2. The van der Waals surface area contributed by atoms with Crippen LogP contribution in [0, 0.1) is 0 Å². The molecule has 0 radical (unpaired) electrons. The second kappa shape index (κ2) is 6.98. The van der Waals surface area contributed by atoms with Crippen molar-refractivity contribution in [3.63, 3.8) is 0 Å². The van der Waals surface area contributed by atoms with E-state index in [0.717, 1.165) is 11.1 Å². The Morgan fingerprint density at radius 1 is 0.871 bits per heavy atom. The van der Waals surface area contributed by atoms with E-state index in [2.05, 4.69) is 4.98 Å². The van der Waals surface area contributed by atoms with Crippen molar-refractivity contribution in [2.75, 3.05) is 0 Å². The van der Waals surface area contributed by atoms with Crippen LogP contribution in [0.15, 0.2) is 67.0 Å². The van der Waals surface area contributed by atoms with Gasteiger partial charge in [0.2, 0.25) is 23.3 Å². The van der Waals surface area contributed by atoms with Gasteiger partial charge in [0, 0.05) is 6.54 Å². The van der Waals surface area contributed by atoms with Gasteiger partial charge in [0.05, 0.1) is 12.4 Å². The normalized spacial score (nSPS) is 13.7. The summed E-state index contributed by atoms with van der Waals surface area (Å²) in [4.78, 5) is 30.7. The number of imidazole rings is 1. The number of hydrogen-bond acceptors (Lipinski definition) is 5. The second-order valence-corrected chi connectivity index (χ2v) is 7.57. The van der Waals surface area contributed by atoms with Crippen molar-refractivity contribution in [1.29, 1.82) is 0 Å². The number of hydrogen-bond donors (Lipinski definition) is 2. The topological polar surface area (TPSA) is 97.3 Å². The highest BCUT2D eigenvalue weighted by atomic mass is 16.3. The number of benzene rings is 2. The summed E-state index contributed by atoms with van der Waals surface area (Å²) in [5.41, 5.74) is 1.45. The van der Waals surface area contributed by atoms with E-state index in [9.17, 15) is 19.8 Å². The quantitative estimate of drug-likeness (QED) is 0.470. The molecule has 0 spiro atoms. The van der Waals surface area contributed by atoms with Crippen molar-refractivity contribution in [1.82, 2.24) is 14.1 Å². The van der Waals surface area contributed by atoms with Gasteiger partial charge in [-0.15, -0.1) is 0 Å². The van der Waals surface area contributed by atoms with E-state index in [4.69, 9.17) is 0 Å². The molecule has 7 heteroatoms. The van der Waals surface area contributed by atoms with Crippen LogP contribution < -0.4 is 0 Å². The Morgan fingerprint density at radius 3 is 2.10 bits per heavy atom. The summed E-state index contributed by atoms with van der Waals surface area (Å²) in [5.74, 6) is -1.99. The Bertz CT molecular complexity index is 1320. The van der Waals surface area contributed by atoms with E-state index in [1.54, 1.807) is 11.5 Å². The zero-order valence-corrected chi connectivity index (χ0v) is 16.7. The van der Waals surface area contributed by atoms with Crippen molar-refractivity contribution in [2.45, 2.75) is 19.5 Å². The van der Waals surface area contributed by atoms with E-state index in [-0.39, 0.29) is 22.5 Å². The Balaban J connectivity index is 1.62. The maximum Gasteiger partial charge on any atom is 0.220 e. The molecule has 2 heterocycles. The summed E-state index contributed by atoms with van der Waals surface area (Å²) in [6.45, 7) is 2.13. The number of ketones is 2. The molecule has 0 bridgehead atoms. The first-order valence-corrected chi connectivity index (χ1v) is 9.88. The highest BCUT2D eigenvalue weighted by Gasteiger charge is 2.42. The maximum absolute atomic E-state index is 13.4. The minimum Gasteiger partial charge on any atom is -0.494 e. The molecule has 2 N–H and O–H groups in total. The van der Waals surface area contributed by atoms with Crippen LogP contribution in [-0.2, 0) is 6.54 Å². The zero-order chi connectivity index (χ0) is 21.7. The lowest BCUT2D eigenvalue weighted by atomic mass is 9.93. The van der Waals surface area contributed by atoms with Crippen LogP contribution in [0.3, 0.4) is 0 Å². The van der Waals surface area contributed by atoms with Gasteiger partial charge in [-0.3, -0.25) is 14.2 Å². The van der Waals surface area contributed by atoms with Gasteiger partial charge in [0.25, 0.3) is 0 Å². The van der Waals surface area contributed by atoms with Crippen molar-refractivity contribution < 1.29 is 19.8 Å². The molecule has 0 fully saturated rings. The molecule has 2 aromatic heterocycles. The van der Waals surface area contributed by atoms with Crippen LogP contribution in [0.5, 0.6) is 11.8 Å². The highest BCUT2D eigenvalue weighted by Crippen LogP contribution is 2.43. The Kier molecular flexibility index (Phi) is 4.25. The SMILES string of the molecule is CC(c1ccccc1)n1c(O)c2c(c1O)C(=O)c1c(ncn1Cc1ccccc1)C2=O. The van der Waals surface area contributed by atoms with E-state index < -0.39 is 29.4 Å². The van der Waals surface area contributed by atoms with E-state index >= 15 is 0 Å². The van der Waals surface area contributed by atoms with Crippen molar-refractivity contribution in [3.8, 4) is 11.8 Å². The van der Waals surface area contributed by atoms with Gasteiger partial charge in [0.15, 0.2) is 0 Å². The lowest BCUT2D eigenvalue weighted by molar-refractivity contribution is 0.0968. The summed E-state index contributed by atoms with van der Waals surface area (Å²) in [6.07, 6.45) is 1.44. The van der Waals surface area contributed by atoms with E-state index in [1.807, 2.05) is 60.7 Å². The van der Waals surface area contributed by atoms with Crippen molar-refractivity contribution in [2.24, 2.45) is 0 Å². The van der Waals surface area contributed by atoms with E-state index in [0.29, 0.717) is 6.54 Å². The smallest absolute Gasteiger partial charge is 0.220 e. The van der Waals surface area contributed by atoms with Gasteiger partial charge in [-0.05, 0) is 18.1 Å². The van der Waals surface area contributed by atoms with Gasteiger partial charge in [-0.1, -0.05) is 60.7 Å². The molecule has 1 unspecified atom stereocenters. The third-order valence-corrected chi connectivity index (χ3v) is 5.74. The minimum atomic E-state index is -0.580. The van der Waals surface area contributed by atoms with Crippen LogP contribution in [0.2, 0.25) is 0 Å². The summed E-state index contributed by atoms with van der Waals surface area (Å²) < 4.78 is 2.81. The molecular weight excluding hydrogens is 394 g/mol. The molecule has 0 aliphatic heterocycles. The predicted molar refractivity (Wildman–Crippen MR) is 113 cm³/mol. The summed E-state index contributed by atoms with van der Waals surface area (Å²) in [7, 11) is 0. The van der Waals surface area contributed by atoms with Crippen molar-refractivity contribution in [3.05, 3.63) is 101 Å². The molecule has 0 saturated heterocycles. The first kappa shape index (κ1) is 18.9. The first-order valence-electron chi connectivity index (χ1n) is 9.88. The molecule has 0 amide bonds. The van der Waals surface area contributed by atoms with Crippen LogP contribution in [-0.4, -0.2) is 35.9 Å². The van der Waals surface area contributed by atoms with Crippen molar-refractivity contribution >= 4 is 11.6 Å². The largest absolute Gasteiger partial charge is 0.494 e. The average Bonchev–Trinajstić information content (AvgIpc) is 3.32. The number of nitrogens with zero attached hydrogens (tertiary/aromatic N) is 3. The monoisotopic (exact) mass is 413 g/mol. The number of carbonyl (C=O) groups is 2. The van der Waals surface area contributed by atoms with Gasteiger partial charge >= 0.3 is 0 Å². The number of carbonyl (C=O) groups excluding carboxylic acids is 2. The molecule has 1 atom stereocenters. The van der Waals surface area contributed by atoms with Crippen LogP contribution in [0.25, 0.3) is 0 Å². The third-order valence-electron chi connectivity index (χ3n) is 5.74. The fourth-order valence-electron chi connectivity index (χ4n) is 4.17. The van der Waals surface area contributed by atoms with Gasteiger partial charge in [0.1, 0.15) is 22.5 Å². The fourth-order valence-corrected chi connectivity index (χ4v) is 4.17. The molecule has 1 aliphatic rings. The van der Waals surface area contributed by atoms with Crippen LogP contribution in [0.1, 0.15) is 56.2 Å². The molecular formula is C24H19N3O4. The third kappa shape index (κ3) is 2.78. The molecule has 5 rings (SSSR count). The standard InChI is InChI=1S/C24H19N3O4/c1-14(16-10-6-3-7-11-16)27-23(30)17-18(24(27)31)22(29)20-19(21(17)28)25-13-26(20)12-15-8-4-2-5-9-15/h2-11,13-14,30-31H,12H2,1H3. The highest BCUT2D eigenvalue weighted by molar-refractivity contribution is 6.29. The average molecular weight is 413 g/mol. The maximum atomic E-state index is 13.4. The number of aromatic nitrogens is 3. The zero-order valence-electron chi connectivity index (χ0n) is 16.7. The van der Waals surface area contributed by atoms with Gasteiger partial charge in [-0.25, -0.2) is 4.98 Å². The molecule has 31 heavy (non-hydrogen) atoms. The number of rotatable bonds is 4. The lowest BCUT2D eigenvalue weighted by Gasteiger charge is -2.16. The van der Waals surface area contributed by atoms with E-state index in [1.165, 1.54) is 10.9 Å². The minimum absolute atomic E-state index is 0.0201. The Morgan fingerprint density at radius 2 is 1.45 bits per heavy atom. The Labute approximate surface area is 177 Å². The van der Waals surface area contributed by atoms with Gasteiger partial charge < -0.3 is 14.8 Å². The summed E-state index contributed by atoms with van der Waals surface area (Å²) in [5, 5.41) is 21.8. The van der Waals surface area contributed by atoms with Crippen LogP contribution >= 0.6 is 0 Å². The predicted octanol–water partition coefficient (Wildman–Crippen LogP) is 3.53. The fraction of sp³-hybridized carbons (Fsp3) is 0.125. The first-order chi connectivity index (χ1) is 15.0. The molecule has 2 aromatic carbocycles. The summed E-state index contributed by atoms with van der Waals surface area (Å²) in [6, 6.07) is 18.2. The summed E-state index contributed by atoms with van der Waals surface area (Å²) >= 11 is 0. The van der Waals surface area contributed by atoms with Crippen LogP contribution in [0.4, 0.5) is 0 Å². The second-order valence-electron chi connectivity index (χ2n) is 7.57. The molecule has 1 aliphatic carbocycles. The Hall–Kier alpha value is -4.13. The number of aromatic hydroxyl groups is 2. The molecule has 7 nitrogen and oxygen atoms in total.